The molecule has 0 fully saturated rings. The molecule has 0 aliphatic carbocycles. The number of halogens is 2. The number of hydrogen-bond acceptors (Lipinski definition) is 3. The summed E-state index contributed by atoms with van der Waals surface area (Å²) in [6.07, 6.45) is 3.34. The van der Waals surface area contributed by atoms with Crippen molar-refractivity contribution in [3.8, 4) is 5.75 Å². The zero-order chi connectivity index (χ0) is 18.6. The maximum absolute atomic E-state index is 6.18. The Hall–Kier alpha value is -1.26. The topological polar surface area (TPSA) is 30.5 Å². The molecule has 0 aliphatic rings. The summed E-state index contributed by atoms with van der Waals surface area (Å²) in [5.74, 6) is 0.832. The molecule has 0 amide bonds. The Morgan fingerprint density at radius 3 is 2.65 bits per heavy atom. The summed E-state index contributed by atoms with van der Waals surface area (Å²) in [4.78, 5) is 0. The highest BCUT2D eigenvalue weighted by molar-refractivity contribution is 6.35. The van der Waals surface area contributed by atoms with Crippen molar-refractivity contribution in [1.82, 2.24) is 5.32 Å². The Morgan fingerprint density at radius 2 is 1.85 bits per heavy atom. The van der Waals surface area contributed by atoms with Gasteiger partial charge in [0.2, 0.25) is 0 Å². The summed E-state index contributed by atoms with van der Waals surface area (Å²) < 4.78 is 11.4. The normalized spacial score (nSPS) is 10.9. The SMILES string of the molecule is CCCCOCCCNCc1cccc(OCc2ccc(Cl)cc2Cl)c1. The van der Waals surface area contributed by atoms with E-state index in [1.807, 2.05) is 24.3 Å². The van der Waals surface area contributed by atoms with Crippen LogP contribution in [0.2, 0.25) is 10.0 Å². The quantitative estimate of drug-likeness (QED) is 0.455. The first-order valence-electron chi connectivity index (χ1n) is 9.13. The maximum atomic E-state index is 6.18. The number of unbranched alkanes of at least 4 members (excludes halogenated alkanes) is 1. The van der Waals surface area contributed by atoms with Gasteiger partial charge >= 0.3 is 0 Å². The molecule has 1 N–H and O–H groups in total. The highest BCUT2D eigenvalue weighted by atomic mass is 35.5. The third-order valence-electron chi connectivity index (χ3n) is 3.92. The lowest BCUT2D eigenvalue weighted by Gasteiger charge is -2.10. The lowest BCUT2D eigenvalue weighted by atomic mass is 10.2. The van der Waals surface area contributed by atoms with Crippen LogP contribution in [-0.2, 0) is 17.9 Å². The summed E-state index contributed by atoms with van der Waals surface area (Å²) in [7, 11) is 0. The fraction of sp³-hybridized carbons (Fsp3) is 0.429. The van der Waals surface area contributed by atoms with Gasteiger partial charge in [-0.25, -0.2) is 0 Å². The zero-order valence-electron chi connectivity index (χ0n) is 15.3. The van der Waals surface area contributed by atoms with E-state index < -0.39 is 0 Å². The predicted octanol–water partition coefficient (Wildman–Crippen LogP) is 5.87. The number of rotatable bonds is 12. The molecule has 0 bridgehead atoms. The summed E-state index contributed by atoms with van der Waals surface area (Å²) in [6, 6.07) is 13.5. The van der Waals surface area contributed by atoms with Gasteiger partial charge in [0.25, 0.3) is 0 Å². The molecule has 0 saturated carbocycles. The molecule has 0 unspecified atom stereocenters. The third-order valence-corrected chi connectivity index (χ3v) is 4.51. The van der Waals surface area contributed by atoms with Crippen LogP contribution in [0.5, 0.6) is 5.75 Å². The third kappa shape index (κ3) is 7.96. The van der Waals surface area contributed by atoms with E-state index in [-0.39, 0.29) is 0 Å². The van der Waals surface area contributed by atoms with Crippen molar-refractivity contribution in [3.63, 3.8) is 0 Å². The van der Waals surface area contributed by atoms with E-state index >= 15 is 0 Å². The molecule has 5 heteroatoms. The predicted molar refractivity (Wildman–Crippen MR) is 109 cm³/mol. The number of hydrogen-bond donors (Lipinski definition) is 1. The highest BCUT2D eigenvalue weighted by Gasteiger charge is 2.03. The Morgan fingerprint density at radius 1 is 1.00 bits per heavy atom. The van der Waals surface area contributed by atoms with Gasteiger partial charge in [-0.3, -0.25) is 0 Å². The van der Waals surface area contributed by atoms with E-state index in [1.54, 1.807) is 6.07 Å². The fourth-order valence-corrected chi connectivity index (χ4v) is 2.89. The van der Waals surface area contributed by atoms with Crippen LogP contribution in [0, 0.1) is 0 Å². The van der Waals surface area contributed by atoms with Gasteiger partial charge in [0, 0.05) is 35.4 Å². The molecule has 0 spiro atoms. The Labute approximate surface area is 166 Å². The summed E-state index contributed by atoms with van der Waals surface area (Å²) in [5, 5.41) is 4.69. The molecular formula is C21H27Cl2NO2. The first-order valence-corrected chi connectivity index (χ1v) is 9.88. The summed E-state index contributed by atoms with van der Waals surface area (Å²) >= 11 is 12.1. The molecule has 0 atom stereocenters. The van der Waals surface area contributed by atoms with E-state index in [0.717, 1.165) is 50.5 Å². The average molecular weight is 396 g/mol. The Balaban J connectivity index is 1.70. The Bertz CT molecular complexity index is 664. The molecular weight excluding hydrogens is 369 g/mol. The van der Waals surface area contributed by atoms with Crippen molar-refractivity contribution in [2.24, 2.45) is 0 Å². The first kappa shape index (κ1) is 21.0. The first-order chi connectivity index (χ1) is 12.7. The van der Waals surface area contributed by atoms with Gasteiger partial charge in [0.1, 0.15) is 12.4 Å². The van der Waals surface area contributed by atoms with Crippen molar-refractivity contribution >= 4 is 23.2 Å². The molecule has 0 aromatic heterocycles. The molecule has 2 aromatic rings. The van der Waals surface area contributed by atoms with Crippen molar-refractivity contribution in [3.05, 3.63) is 63.6 Å². The van der Waals surface area contributed by atoms with Crippen molar-refractivity contribution in [2.45, 2.75) is 39.3 Å². The number of benzene rings is 2. The molecule has 0 radical (unpaired) electrons. The molecule has 0 aliphatic heterocycles. The van der Waals surface area contributed by atoms with Crippen LogP contribution in [0.25, 0.3) is 0 Å². The minimum absolute atomic E-state index is 0.419. The fourth-order valence-electron chi connectivity index (χ4n) is 2.43. The molecule has 26 heavy (non-hydrogen) atoms. The molecule has 2 rings (SSSR count). The number of ether oxygens (including phenoxy) is 2. The average Bonchev–Trinajstić information content (AvgIpc) is 2.63. The van der Waals surface area contributed by atoms with Gasteiger partial charge in [0.15, 0.2) is 0 Å². The van der Waals surface area contributed by atoms with Gasteiger partial charge in [-0.05, 0) is 49.2 Å². The van der Waals surface area contributed by atoms with Crippen LogP contribution in [0.15, 0.2) is 42.5 Å². The minimum Gasteiger partial charge on any atom is -0.489 e. The van der Waals surface area contributed by atoms with E-state index in [4.69, 9.17) is 32.7 Å². The van der Waals surface area contributed by atoms with Crippen molar-refractivity contribution in [2.75, 3.05) is 19.8 Å². The largest absolute Gasteiger partial charge is 0.489 e. The highest BCUT2D eigenvalue weighted by Crippen LogP contribution is 2.23. The Kier molecular flexibility index (Phi) is 9.86. The maximum Gasteiger partial charge on any atom is 0.120 e. The van der Waals surface area contributed by atoms with Gasteiger partial charge < -0.3 is 14.8 Å². The standard InChI is InChI=1S/C21H27Cl2NO2/c1-2-3-11-25-12-5-10-24-15-17-6-4-7-20(13-17)26-16-18-8-9-19(22)14-21(18)23/h4,6-9,13-14,24H,2-3,5,10-12,15-16H2,1H3. The zero-order valence-corrected chi connectivity index (χ0v) is 16.8. The van der Waals surface area contributed by atoms with E-state index in [9.17, 15) is 0 Å². The molecule has 0 saturated heterocycles. The molecule has 3 nitrogen and oxygen atoms in total. The molecule has 0 heterocycles. The van der Waals surface area contributed by atoms with Crippen LogP contribution in [0.4, 0.5) is 0 Å². The van der Waals surface area contributed by atoms with Gasteiger partial charge in [-0.2, -0.15) is 0 Å². The van der Waals surface area contributed by atoms with Crippen LogP contribution >= 0.6 is 23.2 Å². The van der Waals surface area contributed by atoms with Crippen LogP contribution in [0.1, 0.15) is 37.3 Å². The summed E-state index contributed by atoms with van der Waals surface area (Å²) in [6.45, 7) is 6.03. The van der Waals surface area contributed by atoms with Gasteiger partial charge in [-0.1, -0.05) is 54.7 Å². The lowest BCUT2D eigenvalue weighted by Crippen LogP contribution is -2.16. The van der Waals surface area contributed by atoms with Crippen LogP contribution < -0.4 is 10.1 Å². The number of nitrogens with one attached hydrogen (secondary N) is 1. The molecule has 142 valence electrons. The van der Waals surface area contributed by atoms with E-state index in [2.05, 4.69) is 24.4 Å². The summed E-state index contributed by atoms with van der Waals surface area (Å²) in [5.41, 5.74) is 2.11. The molecule has 2 aromatic carbocycles. The second-order valence-electron chi connectivity index (χ2n) is 6.17. The van der Waals surface area contributed by atoms with Crippen LogP contribution in [0.3, 0.4) is 0 Å². The monoisotopic (exact) mass is 395 g/mol. The smallest absolute Gasteiger partial charge is 0.120 e. The van der Waals surface area contributed by atoms with E-state index in [0.29, 0.717) is 16.7 Å². The van der Waals surface area contributed by atoms with Gasteiger partial charge in [0.05, 0.1) is 0 Å². The van der Waals surface area contributed by atoms with Crippen LogP contribution in [-0.4, -0.2) is 19.8 Å². The second kappa shape index (κ2) is 12.2. The second-order valence-corrected chi connectivity index (χ2v) is 7.01. The lowest BCUT2D eigenvalue weighted by molar-refractivity contribution is 0.129. The van der Waals surface area contributed by atoms with Gasteiger partial charge in [-0.15, -0.1) is 0 Å². The van der Waals surface area contributed by atoms with Crippen molar-refractivity contribution < 1.29 is 9.47 Å². The minimum atomic E-state index is 0.419. The van der Waals surface area contributed by atoms with E-state index in [1.165, 1.54) is 12.0 Å². The van der Waals surface area contributed by atoms with Crippen molar-refractivity contribution in [1.29, 1.82) is 0 Å².